The molecule has 2 aliphatic carbocycles. The minimum absolute atomic E-state index is 0.167. The largest absolute Gasteiger partial charge is 0.273 e. The molecule has 0 heterocycles. The Balaban J connectivity index is 0.000000189. The number of allylic oxidation sites excluding steroid dienone is 4. The molecule has 7 heteroatoms. The van der Waals surface area contributed by atoms with E-state index in [-0.39, 0.29) is 10.8 Å². The van der Waals surface area contributed by atoms with Gasteiger partial charge in [-0.05, 0) is 28.4 Å². The third-order valence-electron chi connectivity index (χ3n) is 8.01. The summed E-state index contributed by atoms with van der Waals surface area (Å²) in [5.41, 5.74) is 11.9. The molecule has 6 rings (SSSR count). The van der Waals surface area contributed by atoms with Gasteiger partial charge >= 0.3 is 175 Å². The molecule has 0 aliphatic heterocycles. The van der Waals surface area contributed by atoms with E-state index >= 15 is 0 Å². The molecule has 0 aromatic heterocycles. The van der Waals surface area contributed by atoms with Crippen molar-refractivity contribution in [2.75, 3.05) is 0 Å². The van der Waals surface area contributed by atoms with Gasteiger partial charge in [0.15, 0.2) is 0 Å². The predicted octanol–water partition coefficient (Wildman–Crippen LogP) is 13.4. The zero-order valence-electron chi connectivity index (χ0n) is 27.9. The molecule has 0 N–H and O–H groups in total. The van der Waals surface area contributed by atoms with Crippen LogP contribution in [0, 0.1) is 12.1 Å². The molecule has 0 saturated heterocycles. The first-order valence-corrected chi connectivity index (χ1v) is 19.1. The van der Waals surface area contributed by atoms with Gasteiger partial charge in [0.05, 0.1) is 0 Å². The minimum Gasteiger partial charge on any atom is -0.273 e. The quantitative estimate of drug-likeness (QED) is 0.123. The van der Waals surface area contributed by atoms with Crippen molar-refractivity contribution in [2.24, 2.45) is 0 Å². The number of alkyl halides is 6. The third-order valence-corrected chi connectivity index (χ3v) is 10.7. The number of fused-ring (bicyclic) bond motifs is 3. The molecule has 0 saturated carbocycles. The second-order valence-electron chi connectivity index (χ2n) is 13.8. The van der Waals surface area contributed by atoms with Gasteiger partial charge in [-0.1, -0.05) is 65.3 Å². The molecule has 4 aromatic carbocycles. The van der Waals surface area contributed by atoms with Crippen LogP contribution in [0.3, 0.4) is 0 Å². The van der Waals surface area contributed by atoms with Gasteiger partial charge in [-0.3, -0.25) is 6.08 Å². The summed E-state index contributed by atoms with van der Waals surface area (Å²) < 4.78 is -1.82. The topological polar surface area (TPSA) is 0 Å². The molecule has 48 heavy (non-hydrogen) atoms. The van der Waals surface area contributed by atoms with Crippen LogP contribution in [0.1, 0.15) is 92.5 Å². The minimum atomic E-state index is -1.45. The molecule has 0 atom stereocenters. The average molecular weight is 835 g/mol. The van der Waals surface area contributed by atoms with Gasteiger partial charge in [-0.15, -0.1) is 17.5 Å². The Morgan fingerprint density at radius 1 is 0.646 bits per heavy atom. The summed E-state index contributed by atoms with van der Waals surface area (Å²) in [6.45, 7) is 13.6. The number of hydrogen-bond donors (Lipinski definition) is 0. The molecule has 0 bridgehead atoms. The van der Waals surface area contributed by atoms with Crippen molar-refractivity contribution in [2.45, 2.75) is 72.8 Å². The molecule has 0 radical (unpaired) electrons. The molecule has 0 unspecified atom stereocenters. The van der Waals surface area contributed by atoms with Crippen molar-refractivity contribution in [3.63, 3.8) is 0 Å². The molecule has 0 spiro atoms. The zero-order valence-corrected chi connectivity index (χ0v) is 34.9. The van der Waals surface area contributed by atoms with E-state index in [1.54, 1.807) is 12.1 Å². The maximum Gasteiger partial charge on any atom is -0.109 e. The first-order valence-electron chi connectivity index (χ1n) is 15.6. The summed E-state index contributed by atoms with van der Waals surface area (Å²) in [4.78, 5) is 0. The fourth-order valence-electron chi connectivity index (χ4n) is 5.24. The van der Waals surface area contributed by atoms with Gasteiger partial charge in [0, 0.05) is 0 Å². The van der Waals surface area contributed by atoms with Gasteiger partial charge in [-0.2, -0.15) is 29.8 Å². The van der Waals surface area contributed by atoms with Crippen LogP contribution < -0.4 is 0 Å². The van der Waals surface area contributed by atoms with E-state index in [0.717, 1.165) is 27.2 Å². The summed E-state index contributed by atoms with van der Waals surface area (Å²) in [6.07, 6.45) is 11.0. The van der Waals surface area contributed by atoms with E-state index in [4.69, 9.17) is 69.6 Å². The third kappa shape index (κ3) is 10.7. The predicted molar refractivity (Wildman–Crippen MR) is 207 cm³/mol. The summed E-state index contributed by atoms with van der Waals surface area (Å²) in [6, 6.07) is 30.1. The first-order chi connectivity index (χ1) is 22.2. The first kappa shape index (κ1) is 39.6. The number of rotatable bonds is 2. The van der Waals surface area contributed by atoms with Crippen LogP contribution in [-0.4, -0.2) is 3.21 Å². The Bertz CT molecular complexity index is 1690. The Labute approximate surface area is 331 Å². The fourth-order valence-corrected chi connectivity index (χ4v) is 6.71. The standard InChI is InChI=1S/C21H25.C15H8Cl6.C5H5.Zr/c1-20(2,3)16-7-9-18-14(12-16)11-15-13-17(21(4,5)6)8-10-19(15)18;16-14(17,18)12-5-1-3-10(8-12)7-11-4-2-6-13(9-11)15(19,20)21;1-2-4-5-3-1;/h7-10,12H,11H2,1-6H3;1-6,8-9H;1-3H,4H2;/q-1;;-1;+2. The molecule has 0 amide bonds. The average Bonchev–Trinajstić information content (AvgIpc) is 3.71. The summed E-state index contributed by atoms with van der Waals surface area (Å²) >= 11 is 36.9. The van der Waals surface area contributed by atoms with Crippen LogP contribution in [0.2, 0.25) is 0 Å². The molecule has 2 aliphatic rings. The van der Waals surface area contributed by atoms with Crippen LogP contribution in [0.25, 0.3) is 11.1 Å². The van der Waals surface area contributed by atoms with E-state index in [2.05, 4.69) is 90.1 Å². The Morgan fingerprint density at radius 2 is 1.21 bits per heavy atom. The normalized spacial score (nSPS) is 13.6. The van der Waals surface area contributed by atoms with Gasteiger partial charge in [0.25, 0.3) is 0 Å². The number of hydrogen-bond acceptors (Lipinski definition) is 0. The van der Waals surface area contributed by atoms with Gasteiger partial charge < -0.3 is 0 Å². The van der Waals surface area contributed by atoms with E-state index in [0.29, 0.717) is 11.1 Å². The molecule has 0 nitrogen and oxygen atoms in total. The number of benzene rings is 4. The van der Waals surface area contributed by atoms with Crippen LogP contribution in [0.15, 0.2) is 97.1 Å². The smallest absolute Gasteiger partial charge is 0.109 e. The molecular formula is C41H38Cl6Zr. The fraction of sp³-hybridized carbons (Fsp3) is 0.293. The van der Waals surface area contributed by atoms with Crippen LogP contribution in [0.4, 0.5) is 0 Å². The molecule has 0 fully saturated rings. The van der Waals surface area contributed by atoms with Crippen molar-refractivity contribution >= 4 is 72.8 Å². The van der Waals surface area contributed by atoms with E-state index < -0.39 is 7.59 Å². The van der Waals surface area contributed by atoms with Gasteiger partial charge in [-0.25, -0.2) is 12.2 Å². The van der Waals surface area contributed by atoms with Crippen molar-refractivity contribution in [1.82, 2.24) is 0 Å². The van der Waals surface area contributed by atoms with E-state index in [9.17, 15) is 0 Å². The summed E-state index contributed by atoms with van der Waals surface area (Å²) in [5.74, 6) is 0. The summed E-state index contributed by atoms with van der Waals surface area (Å²) in [7, 11) is 0. The van der Waals surface area contributed by atoms with Gasteiger partial charge in [0.2, 0.25) is 0 Å². The van der Waals surface area contributed by atoms with Crippen LogP contribution in [0.5, 0.6) is 0 Å². The van der Waals surface area contributed by atoms with Crippen molar-refractivity contribution in [1.29, 1.82) is 0 Å². The Kier molecular flexibility index (Phi) is 13.2. The Hall–Kier alpha value is -1.15. The summed E-state index contributed by atoms with van der Waals surface area (Å²) in [5, 5.41) is 0. The number of halogens is 6. The Morgan fingerprint density at radius 3 is 1.65 bits per heavy atom. The molecule has 4 aromatic rings. The van der Waals surface area contributed by atoms with Crippen molar-refractivity contribution < 1.29 is 24.2 Å². The van der Waals surface area contributed by atoms with Crippen LogP contribution >= 0.6 is 69.6 Å². The van der Waals surface area contributed by atoms with Crippen molar-refractivity contribution in [3.05, 3.63) is 154 Å². The van der Waals surface area contributed by atoms with Gasteiger partial charge in [0.1, 0.15) is 0 Å². The zero-order chi connectivity index (χ0) is 35.5. The molecular weight excluding hydrogens is 796 g/mol. The second-order valence-corrected chi connectivity index (χ2v) is 19.6. The second kappa shape index (κ2) is 16.0. The van der Waals surface area contributed by atoms with E-state index in [1.165, 1.54) is 57.6 Å². The van der Waals surface area contributed by atoms with Crippen molar-refractivity contribution in [3.8, 4) is 11.1 Å². The maximum atomic E-state index is 5.94. The maximum absolute atomic E-state index is 5.94. The molecule has 248 valence electrons. The SMILES string of the molecule is CC(C)(C)c1[c-]c2c(cc1)-c1ccc(C(C)(C)C)cc1C2.ClC(Cl)(Cl)c1cccc([C](=[Zr+2])c2cccc(C(Cl)(Cl)Cl)c2)c1.[C-]1=CC=CC1. The monoisotopic (exact) mass is 830 g/mol. The van der Waals surface area contributed by atoms with E-state index in [1.807, 2.05) is 48.6 Å². The van der Waals surface area contributed by atoms with Crippen LogP contribution in [-0.2, 0) is 49.1 Å².